The minimum atomic E-state index is -0.224. The van der Waals surface area contributed by atoms with Crippen molar-refractivity contribution in [3.63, 3.8) is 0 Å². The standard InChI is InChI=1S/C22H28O4/c1-10-14-8-15(20-12-6-5-11(7-12)19(14)20)18(10)22(24)25-9-16-13-3-2-4-17(13)26-21(16)23/h5-6,10-20H,2-4,7-9H2,1H3. The SMILES string of the molecule is CC1C2CC(C1C(=O)OCC1C(=O)OC3CCCC31)C1C3C=CC(C3)C21. The van der Waals surface area contributed by atoms with E-state index in [1.165, 1.54) is 12.8 Å². The average molecular weight is 356 g/mol. The lowest BCUT2D eigenvalue weighted by Gasteiger charge is -2.39. The first-order chi connectivity index (χ1) is 12.6. The van der Waals surface area contributed by atoms with Crippen molar-refractivity contribution >= 4 is 11.9 Å². The number of fused-ring (bicyclic) bond motifs is 10. The van der Waals surface area contributed by atoms with E-state index in [1.54, 1.807) is 0 Å². The second-order valence-electron chi connectivity index (χ2n) is 9.86. The van der Waals surface area contributed by atoms with Crippen molar-refractivity contribution < 1.29 is 19.1 Å². The van der Waals surface area contributed by atoms with E-state index in [2.05, 4.69) is 19.1 Å². The zero-order valence-corrected chi connectivity index (χ0v) is 15.4. The minimum Gasteiger partial charge on any atom is -0.465 e. The molecule has 4 saturated carbocycles. The molecular weight excluding hydrogens is 328 g/mol. The lowest BCUT2D eigenvalue weighted by Crippen LogP contribution is -2.40. The van der Waals surface area contributed by atoms with Crippen molar-refractivity contribution in [2.75, 3.05) is 6.61 Å². The first-order valence-electron chi connectivity index (χ1n) is 10.7. The van der Waals surface area contributed by atoms with Crippen LogP contribution in [0.25, 0.3) is 0 Å². The van der Waals surface area contributed by atoms with Gasteiger partial charge >= 0.3 is 11.9 Å². The van der Waals surface area contributed by atoms with Gasteiger partial charge in [0.15, 0.2) is 0 Å². The average Bonchev–Trinajstić information content (AvgIpc) is 3.40. The monoisotopic (exact) mass is 356 g/mol. The normalized spacial score (nSPS) is 55.3. The van der Waals surface area contributed by atoms with Gasteiger partial charge in [0.1, 0.15) is 12.7 Å². The Balaban J connectivity index is 1.15. The number of esters is 2. The van der Waals surface area contributed by atoms with Gasteiger partial charge in [0.2, 0.25) is 0 Å². The first kappa shape index (κ1) is 15.7. The molecule has 140 valence electrons. The fraction of sp³-hybridized carbons (Fsp3) is 0.818. The molecule has 4 bridgehead atoms. The summed E-state index contributed by atoms with van der Waals surface area (Å²) < 4.78 is 11.3. The maximum atomic E-state index is 13.0. The summed E-state index contributed by atoms with van der Waals surface area (Å²) in [7, 11) is 0. The first-order valence-corrected chi connectivity index (χ1v) is 10.7. The summed E-state index contributed by atoms with van der Waals surface area (Å²) in [5.74, 6) is 4.53. The zero-order valence-electron chi connectivity index (χ0n) is 15.4. The van der Waals surface area contributed by atoms with Crippen molar-refractivity contribution in [1.82, 2.24) is 0 Å². The molecule has 0 radical (unpaired) electrons. The summed E-state index contributed by atoms with van der Waals surface area (Å²) in [4.78, 5) is 25.1. The van der Waals surface area contributed by atoms with Crippen LogP contribution < -0.4 is 0 Å². The van der Waals surface area contributed by atoms with E-state index in [1.807, 2.05) is 0 Å². The van der Waals surface area contributed by atoms with E-state index in [-0.39, 0.29) is 42.4 Å². The largest absolute Gasteiger partial charge is 0.465 e. The van der Waals surface area contributed by atoms with E-state index < -0.39 is 0 Å². The second-order valence-corrected chi connectivity index (χ2v) is 9.86. The Labute approximate surface area is 154 Å². The smallest absolute Gasteiger partial charge is 0.313 e. The molecule has 0 aromatic heterocycles. The van der Waals surface area contributed by atoms with Crippen LogP contribution in [0, 0.1) is 59.2 Å². The van der Waals surface area contributed by atoms with Gasteiger partial charge in [-0.1, -0.05) is 19.1 Å². The molecule has 0 N–H and O–H groups in total. The van der Waals surface area contributed by atoms with E-state index in [0.29, 0.717) is 29.6 Å². The molecule has 0 spiro atoms. The number of hydrogen-bond acceptors (Lipinski definition) is 4. The quantitative estimate of drug-likeness (QED) is 0.443. The zero-order chi connectivity index (χ0) is 17.6. The third-order valence-corrected chi connectivity index (χ3v) is 9.09. The number of ether oxygens (including phenoxy) is 2. The Kier molecular flexibility index (Phi) is 3.24. The summed E-state index contributed by atoms with van der Waals surface area (Å²) in [6, 6.07) is 0. The predicted octanol–water partition coefficient (Wildman–Crippen LogP) is 3.21. The number of allylic oxidation sites excluding steroid dienone is 2. The molecule has 1 heterocycles. The summed E-state index contributed by atoms with van der Waals surface area (Å²) in [6.07, 6.45) is 10.6. The molecule has 26 heavy (non-hydrogen) atoms. The predicted molar refractivity (Wildman–Crippen MR) is 93.6 cm³/mol. The number of hydrogen-bond donors (Lipinski definition) is 0. The van der Waals surface area contributed by atoms with Gasteiger partial charge in [-0.15, -0.1) is 0 Å². The van der Waals surface area contributed by atoms with E-state index in [4.69, 9.17) is 9.47 Å². The highest BCUT2D eigenvalue weighted by molar-refractivity contribution is 5.77. The lowest BCUT2D eigenvalue weighted by molar-refractivity contribution is -0.158. The van der Waals surface area contributed by atoms with Crippen molar-refractivity contribution in [3.8, 4) is 0 Å². The Morgan fingerprint density at radius 2 is 1.88 bits per heavy atom. The van der Waals surface area contributed by atoms with Crippen LogP contribution in [-0.2, 0) is 19.1 Å². The molecular formula is C22H28O4. The highest BCUT2D eigenvalue weighted by atomic mass is 16.6. The molecule has 0 amide bonds. The van der Waals surface area contributed by atoms with Crippen LogP contribution in [0.3, 0.4) is 0 Å². The molecule has 11 unspecified atom stereocenters. The maximum Gasteiger partial charge on any atom is 0.313 e. The molecule has 11 atom stereocenters. The summed E-state index contributed by atoms with van der Waals surface area (Å²) in [5.41, 5.74) is 0. The van der Waals surface area contributed by atoms with Gasteiger partial charge in [-0.2, -0.15) is 0 Å². The van der Waals surface area contributed by atoms with Crippen molar-refractivity contribution in [1.29, 1.82) is 0 Å². The van der Waals surface area contributed by atoms with E-state index >= 15 is 0 Å². The summed E-state index contributed by atoms with van der Waals surface area (Å²) in [6.45, 7) is 2.50. The van der Waals surface area contributed by atoms with Gasteiger partial charge in [-0.25, -0.2) is 0 Å². The van der Waals surface area contributed by atoms with E-state index in [9.17, 15) is 9.59 Å². The van der Waals surface area contributed by atoms with Gasteiger partial charge in [-0.05, 0) is 73.5 Å². The molecule has 6 rings (SSSR count). The maximum absolute atomic E-state index is 13.0. The second kappa shape index (κ2) is 5.36. The molecule has 1 aliphatic heterocycles. The van der Waals surface area contributed by atoms with Gasteiger partial charge in [0.05, 0.1) is 11.8 Å². The van der Waals surface area contributed by atoms with E-state index in [0.717, 1.165) is 31.1 Å². The molecule has 5 fully saturated rings. The fourth-order valence-corrected chi connectivity index (χ4v) is 8.16. The van der Waals surface area contributed by atoms with Crippen LogP contribution in [0.15, 0.2) is 12.2 Å². The molecule has 1 saturated heterocycles. The van der Waals surface area contributed by atoms with Gasteiger partial charge in [0.25, 0.3) is 0 Å². The van der Waals surface area contributed by atoms with Crippen LogP contribution in [0.2, 0.25) is 0 Å². The van der Waals surface area contributed by atoms with Crippen LogP contribution >= 0.6 is 0 Å². The lowest BCUT2D eigenvalue weighted by atomic mass is 9.65. The van der Waals surface area contributed by atoms with Crippen LogP contribution in [0.1, 0.15) is 39.0 Å². The number of carbonyl (C=O) groups excluding carboxylic acids is 2. The number of carbonyl (C=O) groups is 2. The van der Waals surface area contributed by atoms with Crippen LogP contribution in [0.5, 0.6) is 0 Å². The molecule has 4 heteroatoms. The van der Waals surface area contributed by atoms with Gasteiger partial charge in [0, 0.05) is 5.92 Å². The van der Waals surface area contributed by atoms with Gasteiger partial charge < -0.3 is 9.47 Å². The van der Waals surface area contributed by atoms with Crippen LogP contribution in [-0.4, -0.2) is 24.6 Å². The molecule has 6 aliphatic rings. The van der Waals surface area contributed by atoms with Crippen LogP contribution in [0.4, 0.5) is 0 Å². The highest BCUT2D eigenvalue weighted by Gasteiger charge is 2.65. The molecule has 0 aromatic carbocycles. The van der Waals surface area contributed by atoms with Crippen molar-refractivity contribution in [3.05, 3.63) is 12.2 Å². The summed E-state index contributed by atoms with van der Waals surface area (Å²) >= 11 is 0. The Hall–Kier alpha value is -1.32. The van der Waals surface area contributed by atoms with Crippen molar-refractivity contribution in [2.24, 2.45) is 59.2 Å². The molecule has 5 aliphatic carbocycles. The van der Waals surface area contributed by atoms with Gasteiger partial charge in [-0.3, -0.25) is 9.59 Å². The third-order valence-electron chi connectivity index (χ3n) is 9.09. The molecule has 0 aromatic rings. The fourth-order valence-electron chi connectivity index (χ4n) is 8.16. The Bertz CT molecular complexity index is 684. The topological polar surface area (TPSA) is 52.6 Å². The number of rotatable bonds is 3. The highest BCUT2D eigenvalue weighted by Crippen LogP contribution is 2.68. The van der Waals surface area contributed by atoms with Crippen molar-refractivity contribution in [2.45, 2.75) is 45.1 Å². The summed E-state index contributed by atoms with van der Waals surface area (Å²) in [5, 5.41) is 0. The third kappa shape index (κ3) is 1.91. The Morgan fingerprint density at radius 3 is 2.69 bits per heavy atom. The molecule has 4 nitrogen and oxygen atoms in total. The Morgan fingerprint density at radius 1 is 1.12 bits per heavy atom. The minimum absolute atomic E-state index is 0.0375.